The maximum absolute atomic E-state index is 12.7. The fourth-order valence-corrected chi connectivity index (χ4v) is 3.10. The molecular weight excluding hydrogens is 396 g/mol. The van der Waals surface area contributed by atoms with Crippen LogP contribution in [0.3, 0.4) is 0 Å². The minimum atomic E-state index is -1.01. The summed E-state index contributed by atoms with van der Waals surface area (Å²) >= 11 is 6.39. The van der Waals surface area contributed by atoms with Crippen LogP contribution in [0, 0.1) is 13.8 Å². The molecule has 0 spiro atoms. The van der Waals surface area contributed by atoms with Crippen LogP contribution in [0.4, 0.5) is 5.82 Å². The number of aromatic nitrogens is 3. The van der Waals surface area contributed by atoms with Crippen LogP contribution in [-0.4, -0.2) is 32.9 Å². The number of ether oxygens (including phenoxy) is 1. The second-order valence-corrected chi connectivity index (χ2v) is 6.87. The van der Waals surface area contributed by atoms with Gasteiger partial charge in [0.2, 0.25) is 0 Å². The quantitative estimate of drug-likeness (QED) is 0.588. The Morgan fingerprint density at radius 1 is 1.28 bits per heavy atom. The zero-order chi connectivity index (χ0) is 21.0. The van der Waals surface area contributed by atoms with Crippen molar-refractivity contribution in [2.75, 3.05) is 5.32 Å². The second-order valence-electron chi connectivity index (χ2n) is 6.51. The largest absolute Gasteiger partial charge is 0.449 e. The average Bonchev–Trinajstić information content (AvgIpc) is 3.22. The summed E-state index contributed by atoms with van der Waals surface area (Å²) in [6.45, 7) is 5.52. The molecule has 152 valence electrons. The average molecular weight is 417 g/mol. The highest BCUT2D eigenvalue weighted by atomic mass is 35.5. The van der Waals surface area contributed by atoms with E-state index in [9.17, 15) is 9.59 Å². The fraction of sp³-hybridized carbons (Fsp3) is 0.300. The highest BCUT2D eigenvalue weighted by Crippen LogP contribution is 2.23. The number of halogens is 1. The minimum Gasteiger partial charge on any atom is -0.449 e. The van der Waals surface area contributed by atoms with Crippen LogP contribution < -0.4 is 5.32 Å². The van der Waals surface area contributed by atoms with E-state index in [-0.39, 0.29) is 23.0 Å². The molecule has 2 aromatic heterocycles. The van der Waals surface area contributed by atoms with Crippen molar-refractivity contribution in [1.82, 2.24) is 14.9 Å². The molecule has 29 heavy (non-hydrogen) atoms. The molecule has 9 heteroatoms. The maximum atomic E-state index is 12.7. The molecule has 0 saturated carbocycles. The van der Waals surface area contributed by atoms with Crippen LogP contribution in [0.15, 0.2) is 40.9 Å². The number of hydrogen-bond acceptors (Lipinski definition) is 6. The topological polar surface area (TPSA) is 99.2 Å². The molecule has 1 atom stereocenters. The molecule has 1 amide bonds. The zero-order valence-corrected chi connectivity index (χ0v) is 17.1. The van der Waals surface area contributed by atoms with E-state index < -0.39 is 18.0 Å². The molecule has 1 aromatic carbocycles. The molecule has 0 aliphatic carbocycles. The van der Waals surface area contributed by atoms with Crippen LogP contribution in [0.5, 0.6) is 0 Å². The first-order chi connectivity index (χ1) is 13.9. The van der Waals surface area contributed by atoms with Gasteiger partial charge in [-0.1, -0.05) is 54.0 Å². The van der Waals surface area contributed by atoms with E-state index in [1.807, 2.05) is 30.3 Å². The normalized spacial score (nSPS) is 11.9. The lowest BCUT2D eigenvalue weighted by Gasteiger charge is -2.15. The Morgan fingerprint density at radius 2 is 2.00 bits per heavy atom. The van der Waals surface area contributed by atoms with E-state index in [0.29, 0.717) is 18.0 Å². The van der Waals surface area contributed by atoms with Crippen LogP contribution in [0.2, 0.25) is 5.15 Å². The number of amides is 1. The number of aryl methyl sites for hydroxylation is 2. The Morgan fingerprint density at radius 3 is 2.62 bits per heavy atom. The van der Waals surface area contributed by atoms with Crippen LogP contribution >= 0.6 is 11.6 Å². The number of carbonyl (C=O) groups excluding carboxylic acids is 2. The Kier molecular flexibility index (Phi) is 6.33. The predicted octanol–water partition coefficient (Wildman–Crippen LogP) is 3.76. The highest BCUT2D eigenvalue weighted by molar-refractivity contribution is 6.32. The molecule has 8 nitrogen and oxygen atoms in total. The van der Waals surface area contributed by atoms with Crippen molar-refractivity contribution in [1.29, 1.82) is 0 Å². The van der Waals surface area contributed by atoms with Gasteiger partial charge in [-0.15, -0.1) is 0 Å². The molecular formula is C20H21ClN4O4. The number of esters is 1. The van der Waals surface area contributed by atoms with Gasteiger partial charge in [0.05, 0.1) is 12.2 Å². The second kappa shape index (κ2) is 8.91. The van der Waals surface area contributed by atoms with Gasteiger partial charge in [0.15, 0.2) is 11.9 Å². The lowest BCUT2D eigenvalue weighted by Crippen LogP contribution is -2.32. The fourth-order valence-electron chi connectivity index (χ4n) is 2.79. The van der Waals surface area contributed by atoms with Crippen molar-refractivity contribution in [3.8, 4) is 0 Å². The van der Waals surface area contributed by atoms with E-state index in [0.717, 1.165) is 5.56 Å². The zero-order valence-electron chi connectivity index (χ0n) is 16.3. The highest BCUT2D eigenvalue weighted by Gasteiger charge is 2.27. The third-order valence-electron chi connectivity index (χ3n) is 4.24. The Bertz CT molecular complexity index is 1010. The Hall–Kier alpha value is -3.13. The van der Waals surface area contributed by atoms with Crippen molar-refractivity contribution in [3.05, 3.63) is 64.1 Å². The minimum absolute atomic E-state index is 0.145. The van der Waals surface area contributed by atoms with Crippen LogP contribution in [0.25, 0.3) is 0 Å². The van der Waals surface area contributed by atoms with Crippen LogP contribution in [-0.2, 0) is 16.1 Å². The molecule has 0 bridgehead atoms. The number of nitrogens with one attached hydrogen (secondary N) is 1. The lowest BCUT2D eigenvalue weighted by molar-refractivity contribution is -0.124. The summed E-state index contributed by atoms with van der Waals surface area (Å²) in [6.07, 6.45) is -0.726. The standard InChI is InChI=1S/C20H21ClN4O4/c1-4-15(19(26)22-16-10-12(2)29-24-16)28-20(27)17-13(3)23-25(18(17)21)11-14-8-6-5-7-9-14/h5-10,15H,4,11H2,1-3H3,(H,22,24,26). The third-order valence-corrected chi connectivity index (χ3v) is 4.62. The monoisotopic (exact) mass is 416 g/mol. The smallest absolute Gasteiger partial charge is 0.343 e. The Balaban J connectivity index is 1.72. The summed E-state index contributed by atoms with van der Waals surface area (Å²) < 4.78 is 11.8. The first-order valence-electron chi connectivity index (χ1n) is 9.11. The molecule has 3 rings (SSSR count). The van der Waals surface area contributed by atoms with E-state index in [1.165, 1.54) is 4.68 Å². The summed E-state index contributed by atoms with van der Waals surface area (Å²) in [5.41, 5.74) is 1.56. The van der Waals surface area contributed by atoms with Gasteiger partial charge in [-0.2, -0.15) is 5.10 Å². The molecule has 0 saturated heterocycles. The number of carbonyl (C=O) groups is 2. The number of hydrogen-bond donors (Lipinski definition) is 1. The van der Waals surface area contributed by atoms with Gasteiger partial charge in [-0.3, -0.25) is 4.79 Å². The first-order valence-corrected chi connectivity index (χ1v) is 9.48. The van der Waals surface area contributed by atoms with E-state index in [2.05, 4.69) is 15.6 Å². The summed E-state index contributed by atoms with van der Waals surface area (Å²) in [5.74, 6) is -0.393. The predicted molar refractivity (Wildman–Crippen MR) is 107 cm³/mol. The summed E-state index contributed by atoms with van der Waals surface area (Å²) in [4.78, 5) is 25.1. The molecule has 0 aliphatic rings. The third kappa shape index (κ3) is 4.83. The number of anilines is 1. The number of nitrogens with zero attached hydrogens (tertiary/aromatic N) is 3. The summed E-state index contributed by atoms with van der Waals surface area (Å²) in [7, 11) is 0. The van der Waals surface area contributed by atoms with E-state index in [1.54, 1.807) is 26.8 Å². The summed E-state index contributed by atoms with van der Waals surface area (Å²) in [6, 6.07) is 11.2. The van der Waals surface area contributed by atoms with Gasteiger partial charge in [0.25, 0.3) is 5.91 Å². The van der Waals surface area contributed by atoms with Gasteiger partial charge in [-0.25, -0.2) is 9.48 Å². The summed E-state index contributed by atoms with van der Waals surface area (Å²) in [5, 5.41) is 10.8. The molecule has 0 aliphatic heterocycles. The van der Waals surface area contributed by atoms with Crippen molar-refractivity contribution in [2.24, 2.45) is 0 Å². The molecule has 1 unspecified atom stereocenters. The first kappa shape index (κ1) is 20.6. The van der Waals surface area contributed by atoms with Crippen molar-refractivity contribution in [2.45, 2.75) is 39.8 Å². The van der Waals surface area contributed by atoms with Crippen molar-refractivity contribution < 1.29 is 18.8 Å². The molecule has 0 fully saturated rings. The maximum Gasteiger partial charge on any atom is 0.343 e. The van der Waals surface area contributed by atoms with E-state index >= 15 is 0 Å². The van der Waals surface area contributed by atoms with Gasteiger partial charge in [0, 0.05) is 6.07 Å². The number of rotatable bonds is 7. The number of benzene rings is 1. The Labute approximate surface area is 172 Å². The lowest BCUT2D eigenvalue weighted by atomic mass is 10.2. The van der Waals surface area contributed by atoms with Gasteiger partial charge in [-0.05, 0) is 25.8 Å². The van der Waals surface area contributed by atoms with Gasteiger partial charge in [0.1, 0.15) is 16.5 Å². The van der Waals surface area contributed by atoms with Crippen molar-refractivity contribution >= 4 is 29.3 Å². The van der Waals surface area contributed by atoms with Gasteiger partial charge < -0.3 is 14.6 Å². The molecule has 1 N–H and O–H groups in total. The van der Waals surface area contributed by atoms with Gasteiger partial charge >= 0.3 is 5.97 Å². The van der Waals surface area contributed by atoms with Crippen LogP contribution in [0.1, 0.15) is 40.7 Å². The molecule has 0 radical (unpaired) electrons. The molecule has 2 heterocycles. The van der Waals surface area contributed by atoms with E-state index in [4.69, 9.17) is 20.9 Å². The SMILES string of the molecule is CCC(OC(=O)c1c(C)nn(Cc2ccccc2)c1Cl)C(=O)Nc1cc(C)on1. The molecule has 3 aromatic rings. The van der Waals surface area contributed by atoms with Crippen molar-refractivity contribution in [3.63, 3.8) is 0 Å².